The van der Waals surface area contributed by atoms with Crippen LogP contribution in [0.2, 0.25) is 0 Å². The van der Waals surface area contributed by atoms with Crippen molar-refractivity contribution in [3.63, 3.8) is 0 Å². The normalized spacial score (nSPS) is 9.81. The Hall–Kier alpha value is -2.56. The Bertz CT molecular complexity index is 610. The molecular formula is C16H14BO4. The number of carbonyl (C=O) groups is 2. The molecule has 0 bridgehead atoms. The summed E-state index contributed by atoms with van der Waals surface area (Å²) in [5.74, 6) is 1.23. The van der Waals surface area contributed by atoms with Crippen LogP contribution in [-0.2, 0) is 0 Å². The number of hydrogen-bond acceptors (Lipinski definition) is 4. The van der Waals surface area contributed by atoms with Crippen molar-refractivity contribution in [2.75, 3.05) is 0 Å². The fraction of sp³-hybridized carbons (Fsp3) is 0.125. The Morgan fingerprint density at radius 2 is 1.24 bits per heavy atom. The van der Waals surface area contributed by atoms with Crippen LogP contribution in [0.4, 0.5) is 0 Å². The zero-order valence-corrected chi connectivity index (χ0v) is 11.8. The van der Waals surface area contributed by atoms with E-state index in [1.807, 2.05) is 13.8 Å². The smallest absolute Gasteiger partial charge is 0.526 e. The van der Waals surface area contributed by atoms with Crippen LogP contribution in [-0.4, -0.2) is 20.3 Å². The fourth-order valence-electron chi connectivity index (χ4n) is 1.88. The largest absolute Gasteiger partial charge is 0.658 e. The number of hydrogen-bond donors (Lipinski definition) is 0. The van der Waals surface area contributed by atoms with Gasteiger partial charge in [-0.3, -0.25) is 9.59 Å². The summed E-state index contributed by atoms with van der Waals surface area (Å²) in [6.45, 7) is 3.70. The quantitative estimate of drug-likeness (QED) is 0.603. The second kappa shape index (κ2) is 6.75. The summed E-state index contributed by atoms with van der Waals surface area (Å²) in [5, 5.41) is 0. The molecule has 0 saturated heterocycles. The van der Waals surface area contributed by atoms with Crippen LogP contribution in [0.5, 0.6) is 11.5 Å². The number of aryl methyl sites for hydroxylation is 2. The van der Waals surface area contributed by atoms with Gasteiger partial charge >= 0.3 is 7.69 Å². The lowest BCUT2D eigenvalue weighted by Gasteiger charge is -2.11. The molecule has 0 aromatic heterocycles. The fourth-order valence-corrected chi connectivity index (χ4v) is 1.88. The zero-order valence-electron chi connectivity index (χ0n) is 11.8. The molecule has 5 heteroatoms. The second-order valence-electron chi connectivity index (χ2n) is 4.62. The van der Waals surface area contributed by atoms with E-state index >= 15 is 0 Å². The molecule has 21 heavy (non-hydrogen) atoms. The molecule has 2 rings (SSSR count). The first-order valence-electron chi connectivity index (χ1n) is 6.40. The van der Waals surface area contributed by atoms with E-state index in [1.165, 1.54) is 7.69 Å². The molecule has 0 unspecified atom stereocenters. The van der Waals surface area contributed by atoms with Crippen molar-refractivity contribution in [2.24, 2.45) is 0 Å². The van der Waals surface area contributed by atoms with E-state index in [0.29, 0.717) is 22.6 Å². The highest BCUT2D eigenvalue weighted by Gasteiger charge is 2.07. The summed E-state index contributed by atoms with van der Waals surface area (Å²) >= 11 is 0. The summed E-state index contributed by atoms with van der Waals surface area (Å²) in [6, 6.07) is 10.2. The predicted molar refractivity (Wildman–Crippen MR) is 80.1 cm³/mol. The van der Waals surface area contributed by atoms with Crippen LogP contribution in [0, 0.1) is 13.8 Å². The minimum absolute atomic E-state index is 0.598. The summed E-state index contributed by atoms with van der Waals surface area (Å²) in [6.07, 6.45) is 1.57. The molecule has 105 valence electrons. The lowest BCUT2D eigenvalue weighted by atomic mass is 10.1. The molecule has 0 amide bonds. The van der Waals surface area contributed by atoms with Crippen molar-refractivity contribution < 1.29 is 18.9 Å². The Kier molecular flexibility index (Phi) is 4.77. The SMILES string of the molecule is Cc1cc(C=O)ccc1O[B]Oc1ccc(C=O)cc1C. The number of rotatable bonds is 6. The Morgan fingerprint density at radius 1 is 0.810 bits per heavy atom. The molecule has 0 spiro atoms. The summed E-state index contributed by atoms with van der Waals surface area (Å²) in [7, 11) is 1.23. The van der Waals surface area contributed by atoms with Gasteiger partial charge in [0.15, 0.2) is 0 Å². The van der Waals surface area contributed by atoms with Gasteiger partial charge in [-0.15, -0.1) is 0 Å². The van der Waals surface area contributed by atoms with E-state index in [-0.39, 0.29) is 0 Å². The maximum Gasteiger partial charge on any atom is 0.658 e. The van der Waals surface area contributed by atoms with Crippen molar-refractivity contribution in [3.8, 4) is 11.5 Å². The Morgan fingerprint density at radius 3 is 1.57 bits per heavy atom. The van der Waals surface area contributed by atoms with Gasteiger partial charge in [-0.25, -0.2) is 0 Å². The van der Waals surface area contributed by atoms with Gasteiger partial charge in [-0.2, -0.15) is 0 Å². The number of aldehydes is 2. The molecular weight excluding hydrogens is 267 g/mol. The van der Waals surface area contributed by atoms with E-state index in [9.17, 15) is 9.59 Å². The highest BCUT2D eigenvalue weighted by atomic mass is 16.6. The molecule has 0 N–H and O–H groups in total. The molecule has 0 fully saturated rings. The molecule has 0 heterocycles. The van der Waals surface area contributed by atoms with Gasteiger partial charge in [0.2, 0.25) is 0 Å². The standard InChI is InChI=1S/C16H14BO4/c1-11-7-13(9-18)3-5-15(11)20-17-21-16-6-4-14(10-19)8-12(16)2/h3-10H,1-2H3. The van der Waals surface area contributed by atoms with E-state index < -0.39 is 0 Å². The van der Waals surface area contributed by atoms with Gasteiger partial charge in [-0.05, 0) is 61.4 Å². The minimum atomic E-state index is 0.598. The lowest BCUT2D eigenvalue weighted by Crippen LogP contribution is -2.12. The lowest BCUT2D eigenvalue weighted by molar-refractivity contribution is 0.111. The topological polar surface area (TPSA) is 52.6 Å². The molecule has 1 radical (unpaired) electrons. The van der Waals surface area contributed by atoms with Crippen LogP contribution in [0.1, 0.15) is 31.8 Å². The molecule has 2 aromatic carbocycles. The molecule has 2 aromatic rings. The van der Waals surface area contributed by atoms with E-state index in [0.717, 1.165) is 23.7 Å². The third-order valence-corrected chi connectivity index (χ3v) is 3.02. The van der Waals surface area contributed by atoms with Gasteiger partial charge in [0.25, 0.3) is 0 Å². The van der Waals surface area contributed by atoms with Crippen LogP contribution >= 0.6 is 0 Å². The van der Waals surface area contributed by atoms with E-state index in [2.05, 4.69) is 0 Å². The third-order valence-electron chi connectivity index (χ3n) is 3.02. The minimum Gasteiger partial charge on any atom is -0.526 e. The van der Waals surface area contributed by atoms with Crippen LogP contribution in [0.15, 0.2) is 36.4 Å². The highest BCUT2D eigenvalue weighted by molar-refractivity contribution is 6.20. The number of carbonyl (C=O) groups excluding carboxylic acids is 2. The molecule has 4 nitrogen and oxygen atoms in total. The average Bonchev–Trinajstić information content (AvgIpc) is 2.50. The summed E-state index contributed by atoms with van der Waals surface area (Å²) in [4.78, 5) is 21.3. The van der Waals surface area contributed by atoms with Crippen molar-refractivity contribution in [1.82, 2.24) is 0 Å². The van der Waals surface area contributed by atoms with Gasteiger partial charge < -0.3 is 9.31 Å². The Balaban J connectivity index is 1.98. The van der Waals surface area contributed by atoms with Crippen LogP contribution < -0.4 is 9.31 Å². The van der Waals surface area contributed by atoms with Crippen molar-refractivity contribution >= 4 is 20.3 Å². The first-order valence-corrected chi connectivity index (χ1v) is 6.40. The second-order valence-corrected chi connectivity index (χ2v) is 4.62. The zero-order chi connectivity index (χ0) is 15.2. The van der Waals surface area contributed by atoms with Gasteiger partial charge in [-0.1, -0.05) is 0 Å². The van der Waals surface area contributed by atoms with Crippen LogP contribution in [0.25, 0.3) is 0 Å². The van der Waals surface area contributed by atoms with Crippen molar-refractivity contribution in [2.45, 2.75) is 13.8 Å². The maximum atomic E-state index is 10.7. The molecule has 0 saturated carbocycles. The predicted octanol–water partition coefficient (Wildman–Crippen LogP) is 2.92. The van der Waals surface area contributed by atoms with E-state index in [4.69, 9.17) is 9.31 Å². The first-order chi connectivity index (χ1) is 10.1. The maximum absolute atomic E-state index is 10.7. The summed E-state index contributed by atoms with van der Waals surface area (Å²) < 4.78 is 10.8. The Labute approximate surface area is 124 Å². The third kappa shape index (κ3) is 3.72. The highest BCUT2D eigenvalue weighted by Crippen LogP contribution is 2.20. The number of benzene rings is 2. The van der Waals surface area contributed by atoms with Crippen molar-refractivity contribution in [3.05, 3.63) is 58.7 Å². The van der Waals surface area contributed by atoms with Gasteiger partial charge in [0.05, 0.1) is 0 Å². The molecule has 0 atom stereocenters. The van der Waals surface area contributed by atoms with Crippen LogP contribution in [0.3, 0.4) is 0 Å². The molecule has 0 aliphatic heterocycles. The summed E-state index contributed by atoms with van der Waals surface area (Å²) in [5.41, 5.74) is 2.88. The average molecular weight is 281 g/mol. The first kappa shape index (κ1) is 14.8. The molecule has 0 aliphatic carbocycles. The van der Waals surface area contributed by atoms with Gasteiger partial charge in [0, 0.05) is 11.1 Å². The molecule has 0 aliphatic rings. The van der Waals surface area contributed by atoms with Gasteiger partial charge in [0.1, 0.15) is 24.1 Å². The van der Waals surface area contributed by atoms with E-state index in [1.54, 1.807) is 36.4 Å². The van der Waals surface area contributed by atoms with Crippen molar-refractivity contribution in [1.29, 1.82) is 0 Å². The monoisotopic (exact) mass is 281 g/mol.